The molecule has 8 nitrogen and oxygen atoms in total. The minimum absolute atomic E-state index is 0.0812. The van der Waals surface area contributed by atoms with Crippen molar-refractivity contribution in [3.8, 4) is 5.75 Å². The highest BCUT2D eigenvalue weighted by Gasteiger charge is 2.34. The molecule has 1 aromatic carbocycles. The highest BCUT2D eigenvalue weighted by molar-refractivity contribution is 7.91. The molecule has 0 aliphatic carbocycles. The van der Waals surface area contributed by atoms with Gasteiger partial charge < -0.3 is 20.9 Å². The molecule has 0 bridgehead atoms. The number of carbonyl (C=O) groups excluding carboxylic acids is 1. The number of benzene rings is 1. The van der Waals surface area contributed by atoms with Gasteiger partial charge in [-0.25, -0.2) is 13.4 Å². The standard InChI is InChI=1S/C16H16F3N3O5S/c1-9(23)7-22-15(24)14-11(20)6-10(8-21-14)28(25,26)13-5-3-2-4-12(13)27-16(17,18)19/h2-6,8-9,23H,7,20H2,1H3,(H,22,24)/t9-/m0/s1. The number of carbonyl (C=O) groups is 1. The molecule has 2 rings (SSSR count). The van der Waals surface area contributed by atoms with Crippen molar-refractivity contribution in [1.82, 2.24) is 10.3 Å². The minimum Gasteiger partial charge on any atom is -0.404 e. The van der Waals surface area contributed by atoms with Gasteiger partial charge in [0.25, 0.3) is 5.91 Å². The number of aliphatic hydroxyl groups excluding tert-OH is 1. The van der Waals surface area contributed by atoms with Gasteiger partial charge in [-0.2, -0.15) is 0 Å². The number of anilines is 1. The molecule has 0 saturated carbocycles. The monoisotopic (exact) mass is 419 g/mol. The Morgan fingerprint density at radius 3 is 2.57 bits per heavy atom. The lowest BCUT2D eigenvalue weighted by molar-refractivity contribution is -0.275. The van der Waals surface area contributed by atoms with Crippen molar-refractivity contribution in [3.05, 3.63) is 42.2 Å². The van der Waals surface area contributed by atoms with Crippen molar-refractivity contribution in [3.63, 3.8) is 0 Å². The number of hydrogen-bond acceptors (Lipinski definition) is 7. The van der Waals surface area contributed by atoms with Crippen LogP contribution in [0.15, 0.2) is 46.3 Å². The number of pyridine rings is 1. The lowest BCUT2D eigenvalue weighted by Gasteiger charge is -2.14. The second kappa shape index (κ2) is 8.02. The topological polar surface area (TPSA) is 132 Å². The number of nitrogen functional groups attached to an aromatic ring is 1. The van der Waals surface area contributed by atoms with Crippen molar-refractivity contribution < 1.29 is 36.2 Å². The highest BCUT2D eigenvalue weighted by atomic mass is 32.2. The van der Waals surface area contributed by atoms with Crippen LogP contribution in [0.5, 0.6) is 5.75 Å². The number of aliphatic hydroxyl groups is 1. The summed E-state index contributed by atoms with van der Waals surface area (Å²) in [5.41, 5.74) is 5.08. The summed E-state index contributed by atoms with van der Waals surface area (Å²) >= 11 is 0. The molecule has 1 atom stereocenters. The van der Waals surface area contributed by atoms with Crippen molar-refractivity contribution in [2.24, 2.45) is 0 Å². The van der Waals surface area contributed by atoms with Gasteiger partial charge in [0.1, 0.15) is 10.6 Å². The third-order valence-electron chi connectivity index (χ3n) is 3.34. The molecule has 12 heteroatoms. The molecular weight excluding hydrogens is 403 g/mol. The molecule has 0 aliphatic rings. The summed E-state index contributed by atoms with van der Waals surface area (Å²) in [5, 5.41) is 11.5. The number of aromatic nitrogens is 1. The van der Waals surface area contributed by atoms with Crippen molar-refractivity contribution >= 4 is 21.4 Å². The van der Waals surface area contributed by atoms with Gasteiger partial charge in [0.15, 0.2) is 5.69 Å². The van der Waals surface area contributed by atoms with E-state index in [-0.39, 0.29) is 17.9 Å². The number of nitrogens with one attached hydrogen (secondary N) is 1. The fourth-order valence-electron chi connectivity index (χ4n) is 2.13. The number of sulfone groups is 1. The lowest BCUT2D eigenvalue weighted by Crippen LogP contribution is -2.31. The summed E-state index contributed by atoms with van der Waals surface area (Å²) in [6.45, 7) is 1.36. The number of nitrogens with zero attached hydrogens (tertiary/aromatic N) is 1. The Labute approximate surface area is 158 Å². The molecule has 1 amide bonds. The first-order valence-electron chi connectivity index (χ1n) is 7.73. The van der Waals surface area contributed by atoms with Gasteiger partial charge >= 0.3 is 6.36 Å². The second-order valence-electron chi connectivity index (χ2n) is 5.67. The van der Waals surface area contributed by atoms with Crippen LogP contribution in [0.2, 0.25) is 0 Å². The largest absolute Gasteiger partial charge is 0.573 e. The van der Waals surface area contributed by atoms with Gasteiger partial charge in [0, 0.05) is 12.7 Å². The fraction of sp³-hybridized carbons (Fsp3) is 0.250. The van der Waals surface area contributed by atoms with Gasteiger partial charge in [0.05, 0.1) is 16.7 Å². The van der Waals surface area contributed by atoms with Crippen molar-refractivity contribution in [2.75, 3.05) is 12.3 Å². The van der Waals surface area contributed by atoms with Gasteiger partial charge in [-0.1, -0.05) is 12.1 Å². The summed E-state index contributed by atoms with van der Waals surface area (Å²) in [6.07, 6.45) is -5.11. The molecular formula is C16H16F3N3O5S. The zero-order chi connectivity index (χ0) is 21.1. The quantitative estimate of drug-likeness (QED) is 0.647. The van der Waals surface area contributed by atoms with Crippen LogP contribution >= 0.6 is 0 Å². The van der Waals surface area contributed by atoms with E-state index in [4.69, 9.17) is 10.8 Å². The molecule has 152 valence electrons. The van der Waals surface area contributed by atoms with E-state index in [1.807, 2.05) is 0 Å². The molecule has 1 aromatic heterocycles. The molecule has 0 fully saturated rings. The van der Waals surface area contributed by atoms with Crippen LogP contribution in [0.4, 0.5) is 18.9 Å². The fourth-order valence-corrected chi connectivity index (χ4v) is 3.49. The normalized spacial score (nSPS) is 13.0. The average molecular weight is 419 g/mol. The minimum atomic E-state index is -5.09. The smallest absolute Gasteiger partial charge is 0.404 e. The van der Waals surface area contributed by atoms with Crippen LogP contribution in [0.1, 0.15) is 17.4 Å². The first-order chi connectivity index (χ1) is 12.9. The van der Waals surface area contributed by atoms with Crippen LogP contribution in [-0.2, 0) is 9.84 Å². The van der Waals surface area contributed by atoms with E-state index in [1.165, 1.54) is 19.1 Å². The molecule has 28 heavy (non-hydrogen) atoms. The van der Waals surface area contributed by atoms with E-state index in [2.05, 4.69) is 15.0 Å². The Balaban J connectivity index is 2.40. The van der Waals surface area contributed by atoms with Crippen molar-refractivity contribution in [2.45, 2.75) is 29.2 Å². The van der Waals surface area contributed by atoms with Gasteiger partial charge in [-0.3, -0.25) is 4.79 Å². The van der Waals surface area contributed by atoms with E-state index >= 15 is 0 Å². The van der Waals surface area contributed by atoms with Crippen LogP contribution in [0, 0.1) is 0 Å². The summed E-state index contributed by atoms with van der Waals surface area (Å²) < 4.78 is 66.8. The van der Waals surface area contributed by atoms with Crippen LogP contribution < -0.4 is 15.8 Å². The zero-order valence-corrected chi connectivity index (χ0v) is 15.2. The van der Waals surface area contributed by atoms with Crippen molar-refractivity contribution in [1.29, 1.82) is 0 Å². The third-order valence-corrected chi connectivity index (χ3v) is 5.10. The number of nitrogens with two attached hydrogens (primary N) is 1. The molecule has 0 unspecified atom stereocenters. The summed E-state index contributed by atoms with van der Waals surface area (Å²) in [5.74, 6) is -1.66. The number of hydrogen-bond donors (Lipinski definition) is 3. The predicted molar refractivity (Wildman–Crippen MR) is 91.2 cm³/mol. The average Bonchev–Trinajstić information content (AvgIpc) is 2.58. The first-order valence-corrected chi connectivity index (χ1v) is 9.22. The molecule has 4 N–H and O–H groups in total. The maximum absolute atomic E-state index is 12.7. The van der Waals surface area contributed by atoms with Gasteiger partial charge in [-0.05, 0) is 25.1 Å². The predicted octanol–water partition coefficient (Wildman–Crippen LogP) is 1.51. The number of amides is 1. The summed E-state index contributed by atoms with van der Waals surface area (Å²) in [4.78, 5) is 14.4. The summed E-state index contributed by atoms with van der Waals surface area (Å²) in [7, 11) is -4.47. The number of rotatable bonds is 6. The number of para-hydroxylation sites is 1. The Morgan fingerprint density at radius 1 is 1.36 bits per heavy atom. The molecule has 1 heterocycles. The maximum Gasteiger partial charge on any atom is 0.573 e. The Bertz CT molecular complexity index is 978. The van der Waals surface area contributed by atoms with E-state index < -0.39 is 43.8 Å². The zero-order valence-electron chi connectivity index (χ0n) is 14.4. The van der Waals surface area contributed by atoms with Gasteiger partial charge in [0.2, 0.25) is 9.84 Å². The van der Waals surface area contributed by atoms with Crippen LogP contribution in [-0.4, -0.2) is 43.4 Å². The molecule has 0 radical (unpaired) electrons. The first kappa shape index (κ1) is 21.4. The molecule has 0 aliphatic heterocycles. The summed E-state index contributed by atoms with van der Waals surface area (Å²) in [6, 6.07) is 5.11. The maximum atomic E-state index is 12.7. The van der Waals surface area contributed by atoms with E-state index in [9.17, 15) is 26.4 Å². The van der Waals surface area contributed by atoms with E-state index in [0.717, 1.165) is 24.4 Å². The number of ether oxygens (including phenoxy) is 1. The number of halogens is 3. The lowest BCUT2D eigenvalue weighted by atomic mass is 10.3. The van der Waals surface area contributed by atoms with E-state index in [1.54, 1.807) is 0 Å². The highest BCUT2D eigenvalue weighted by Crippen LogP contribution is 2.33. The SMILES string of the molecule is C[C@H](O)CNC(=O)c1ncc(S(=O)(=O)c2ccccc2OC(F)(F)F)cc1N. The molecule has 2 aromatic rings. The van der Waals surface area contributed by atoms with Gasteiger partial charge in [-0.15, -0.1) is 13.2 Å². The Morgan fingerprint density at radius 2 is 2.00 bits per heavy atom. The Hall–Kier alpha value is -2.86. The number of alkyl halides is 3. The van der Waals surface area contributed by atoms with Crippen LogP contribution in [0.3, 0.4) is 0 Å². The second-order valence-corrected chi connectivity index (χ2v) is 7.58. The van der Waals surface area contributed by atoms with Crippen LogP contribution in [0.25, 0.3) is 0 Å². The molecule has 0 spiro atoms. The molecule has 0 saturated heterocycles. The Kier molecular flexibility index (Phi) is 6.14. The van der Waals surface area contributed by atoms with E-state index in [0.29, 0.717) is 0 Å². The third kappa shape index (κ3) is 5.10.